The van der Waals surface area contributed by atoms with Crippen LogP contribution in [-0.2, 0) is 4.74 Å². The third-order valence-corrected chi connectivity index (χ3v) is 4.30. The maximum atomic E-state index is 5.68. The molecule has 1 aliphatic heterocycles. The van der Waals surface area contributed by atoms with Crippen molar-refractivity contribution in [3.63, 3.8) is 0 Å². The number of hydrogen-bond acceptors (Lipinski definition) is 1. The van der Waals surface area contributed by atoms with Crippen molar-refractivity contribution in [1.82, 2.24) is 0 Å². The van der Waals surface area contributed by atoms with E-state index in [1.165, 1.54) is 44.9 Å². The van der Waals surface area contributed by atoms with E-state index in [4.69, 9.17) is 4.74 Å². The molecule has 86 valence electrons. The lowest BCUT2D eigenvalue weighted by Gasteiger charge is -2.24. The Morgan fingerprint density at radius 3 is 2.53 bits per heavy atom. The van der Waals surface area contributed by atoms with Crippen LogP contribution < -0.4 is 0 Å². The first kappa shape index (κ1) is 11.7. The molecule has 1 saturated carbocycles. The maximum absolute atomic E-state index is 5.68. The van der Waals surface area contributed by atoms with Crippen LogP contribution in [-0.4, -0.2) is 18.0 Å². The smallest absolute Gasteiger partial charge is 0.0759 e. The average molecular weight is 273 g/mol. The second-order valence-corrected chi connectivity index (χ2v) is 5.32. The highest BCUT2D eigenvalue weighted by molar-refractivity contribution is 9.09. The lowest BCUT2D eigenvalue weighted by molar-refractivity contribution is 0.144. The summed E-state index contributed by atoms with van der Waals surface area (Å²) < 4.78 is 5.68. The minimum absolute atomic E-state index is 0.416. The lowest BCUT2D eigenvalue weighted by atomic mass is 9.84. The Kier molecular flexibility index (Phi) is 4.70. The van der Waals surface area contributed by atoms with E-state index in [0.29, 0.717) is 6.10 Å². The molecule has 1 unspecified atom stereocenters. The van der Waals surface area contributed by atoms with Crippen LogP contribution in [0.3, 0.4) is 0 Å². The second kappa shape index (κ2) is 6.05. The fraction of sp³-hybridized carbons (Fsp3) is 0.846. The third kappa shape index (κ3) is 3.32. The first-order chi connectivity index (χ1) is 7.40. The molecule has 0 aromatic carbocycles. The van der Waals surface area contributed by atoms with Gasteiger partial charge in [0.1, 0.15) is 0 Å². The lowest BCUT2D eigenvalue weighted by Crippen LogP contribution is -2.13. The predicted octanol–water partition coefficient (Wildman–Crippen LogP) is 4.07. The van der Waals surface area contributed by atoms with Gasteiger partial charge in [0.05, 0.1) is 6.10 Å². The van der Waals surface area contributed by atoms with Gasteiger partial charge in [-0.1, -0.05) is 46.8 Å². The molecule has 2 fully saturated rings. The van der Waals surface area contributed by atoms with Crippen LogP contribution in [0.5, 0.6) is 0 Å². The molecule has 2 aliphatic rings. The molecule has 1 nitrogen and oxygen atoms in total. The highest BCUT2D eigenvalue weighted by Crippen LogP contribution is 2.31. The van der Waals surface area contributed by atoms with Crippen LogP contribution in [0.25, 0.3) is 0 Å². The van der Waals surface area contributed by atoms with Crippen molar-refractivity contribution >= 4 is 15.9 Å². The number of halogens is 1. The Bertz CT molecular complexity index is 213. The Morgan fingerprint density at radius 2 is 1.93 bits per heavy atom. The molecule has 0 aromatic rings. The van der Waals surface area contributed by atoms with Gasteiger partial charge in [0.2, 0.25) is 0 Å². The molecule has 1 heterocycles. The summed E-state index contributed by atoms with van der Waals surface area (Å²) in [6.07, 6.45) is 12.3. The number of alkyl halides is 1. The van der Waals surface area contributed by atoms with Crippen molar-refractivity contribution in [2.75, 3.05) is 11.9 Å². The standard InChI is InChI=1S/C13H21BrO/c14-10-12(9-13-7-4-8-15-13)11-5-2-1-3-6-11/h9,11,13H,1-8,10H2/b12-9-. The molecule has 0 bridgehead atoms. The Balaban J connectivity index is 1.94. The quantitative estimate of drug-likeness (QED) is 0.556. The monoisotopic (exact) mass is 272 g/mol. The van der Waals surface area contributed by atoms with E-state index in [0.717, 1.165) is 17.9 Å². The van der Waals surface area contributed by atoms with Gasteiger partial charge >= 0.3 is 0 Å². The van der Waals surface area contributed by atoms with Crippen molar-refractivity contribution in [2.45, 2.75) is 51.0 Å². The molecular weight excluding hydrogens is 252 g/mol. The van der Waals surface area contributed by atoms with E-state index in [1.54, 1.807) is 5.57 Å². The summed E-state index contributed by atoms with van der Waals surface area (Å²) in [4.78, 5) is 0. The molecule has 2 heteroatoms. The fourth-order valence-electron chi connectivity index (χ4n) is 2.74. The van der Waals surface area contributed by atoms with Gasteiger partial charge in [0.25, 0.3) is 0 Å². The van der Waals surface area contributed by atoms with E-state index < -0.39 is 0 Å². The van der Waals surface area contributed by atoms with E-state index in [-0.39, 0.29) is 0 Å². The molecule has 15 heavy (non-hydrogen) atoms. The Labute approximate surface area is 101 Å². The summed E-state index contributed by atoms with van der Waals surface area (Å²) in [5, 5.41) is 1.04. The maximum Gasteiger partial charge on any atom is 0.0759 e. The van der Waals surface area contributed by atoms with Crippen LogP contribution in [0.1, 0.15) is 44.9 Å². The summed E-state index contributed by atoms with van der Waals surface area (Å²) >= 11 is 3.63. The molecule has 0 aromatic heterocycles. The second-order valence-electron chi connectivity index (χ2n) is 4.76. The molecule has 0 N–H and O–H groups in total. The van der Waals surface area contributed by atoms with Crippen LogP contribution in [0.4, 0.5) is 0 Å². The zero-order valence-electron chi connectivity index (χ0n) is 9.38. The van der Waals surface area contributed by atoms with Gasteiger partial charge in [-0.2, -0.15) is 0 Å². The van der Waals surface area contributed by atoms with E-state index in [9.17, 15) is 0 Å². The van der Waals surface area contributed by atoms with Crippen LogP contribution in [0.15, 0.2) is 11.6 Å². The third-order valence-electron chi connectivity index (χ3n) is 3.65. The van der Waals surface area contributed by atoms with Gasteiger partial charge in [0.15, 0.2) is 0 Å². The molecule has 0 spiro atoms. The predicted molar refractivity (Wildman–Crippen MR) is 67.4 cm³/mol. The number of hydrogen-bond donors (Lipinski definition) is 0. The Hall–Kier alpha value is 0.180. The van der Waals surface area contributed by atoms with Crippen LogP contribution >= 0.6 is 15.9 Å². The molecule has 1 aliphatic carbocycles. The minimum Gasteiger partial charge on any atom is -0.374 e. The summed E-state index contributed by atoms with van der Waals surface area (Å²) in [7, 11) is 0. The van der Waals surface area contributed by atoms with Crippen molar-refractivity contribution in [3.8, 4) is 0 Å². The summed E-state index contributed by atoms with van der Waals surface area (Å²) in [5.74, 6) is 0.835. The summed E-state index contributed by atoms with van der Waals surface area (Å²) in [6.45, 7) is 0.960. The minimum atomic E-state index is 0.416. The van der Waals surface area contributed by atoms with Gasteiger partial charge in [-0.25, -0.2) is 0 Å². The van der Waals surface area contributed by atoms with Gasteiger partial charge in [-0.15, -0.1) is 0 Å². The SMILES string of the molecule is BrC/C(=C/C1CCCO1)C1CCCCC1. The van der Waals surface area contributed by atoms with Crippen molar-refractivity contribution in [2.24, 2.45) is 5.92 Å². The van der Waals surface area contributed by atoms with Gasteiger partial charge in [-0.3, -0.25) is 0 Å². The molecule has 1 saturated heterocycles. The highest BCUT2D eigenvalue weighted by atomic mass is 79.9. The Morgan fingerprint density at radius 1 is 1.13 bits per heavy atom. The first-order valence-electron chi connectivity index (χ1n) is 6.28. The van der Waals surface area contributed by atoms with Crippen molar-refractivity contribution < 1.29 is 4.74 Å². The molecule has 1 atom stereocenters. The van der Waals surface area contributed by atoms with E-state index in [2.05, 4.69) is 22.0 Å². The molecule has 0 radical (unpaired) electrons. The van der Waals surface area contributed by atoms with Gasteiger partial charge < -0.3 is 4.74 Å². The summed E-state index contributed by atoms with van der Waals surface area (Å²) in [6, 6.07) is 0. The topological polar surface area (TPSA) is 9.23 Å². The highest BCUT2D eigenvalue weighted by Gasteiger charge is 2.20. The number of allylic oxidation sites excluding steroid dienone is 1. The number of rotatable bonds is 3. The van der Waals surface area contributed by atoms with Crippen molar-refractivity contribution in [1.29, 1.82) is 0 Å². The van der Waals surface area contributed by atoms with Crippen LogP contribution in [0, 0.1) is 5.92 Å². The normalized spacial score (nSPS) is 29.7. The van der Waals surface area contributed by atoms with Gasteiger partial charge in [-0.05, 0) is 31.6 Å². The number of ether oxygens (including phenoxy) is 1. The average Bonchev–Trinajstić information content (AvgIpc) is 2.80. The largest absolute Gasteiger partial charge is 0.374 e. The molecule has 0 amide bonds. The fourth-order valence-corrected chi connectivity index (χ4v) is 3.38. The van der Waals surface area contributed by atoms with E-state index >= 15 is 0 Å². The van der Waals surface area contributed by atoms with Crippen LogP contribution in [0.2, 0.25) is 0 Å². The zero-order chi connectivity index (χ0) is 10.5. The first-order valence-corrected chi connectivity index (χ1v) is 7.40. The van der Waals surface area contributed by atoms with Crippen molar-refractivity contribution in [3.05, 3.63) is 11.6 Å². The molecule has 2 rings (SSSR count). The summed E-state index contributed by atoms with van der Waals surface area (Å²) in [5.41, 5.74) is 1.60. The van der Waals surface area contributed by atoms with Gasteiger partial charge in [0, 0.05) is 11.9 Å². The molecular formula is C13H21BrO. The van der Waals surface area contributed by atoms with E-state index in [1.807, 2.05) is 0 Å². The zero-order valence-corrected chi connectivity index (χ0v) is 11.0.